The third-order valence-corrected chi connectivity index (χ3v) is 3.37. The van der Waals surface area contributed by atoms with E-state index in [1.807, 2.05) is 31.2 Å². The molecule has 0 saturated carbocycles. The van der Waals surface area contributed by atoms with Crippen LogP contribution in [0.25, 0.3) is 0 Å². The molecule has 0 N–H and O–H groups in total. The number of hydrogen-bond acceptors (Lipinski definition) is 1. The zero-order valence-corrected chi connectivity index (χ0v) is 10.9. The van der Waals surface area contributed by atoms with Crippen LogP contribution >= 0.6 is 11.6 Å². The van der Waals surface area contributed by atoms with Gasteiger partial charge in [0.15, 0.2) is 0 Å². The largest absolute Gasteiger partial charge is 0.356 e. The minimum Gasteiger partial charge on any atom is -0.356 e. The van der Waals surface area contributed by atoms with Crippen molar-refractivity contribution in [3.63, 3.8) is 0 Å². The van der Waals surface area contributed by atoms with E-state index in [-0.39, 0.29) is 0 Å². The predicted molar refractivity (Wildman–Crippen MR) is 74.3 cm³/mol. The van der Waals surface area contributed by atoms with E-state index < -0.39 is 0 Å². The highest BCUT2D eigenvalue weighted by atomic mass is 35.5. The summed E-state index contributed by atoms with van der Waals surface area (Å²) >= 11 is 6.00. The van der Waals surface area contributed by atoms with Crippen molar-refractivity contribution in [1.82, 2.24) is 4.90 Å². The van der Waals surface area contributed by atoms with Crippen molar-refractivity contribution in [2.45, 2.75) is 19.8 Å². The molecule has 0 aromatic heterocycles. The molecule has 0 aliphatic carbocycles. The molecular weight excluding hydrogens is 232 g/mol. The summed E-state index contributed by atoms with van der Waals surface area (Å²) in [6.07, 6.45) is 4.16. The van der Waals surface area contributed by atoms with E-state index >= 15 is 0 Å². The summed E-state index contributed by atoms with van der Waals surface area (Å²) in [5.74, 6) is 1.16. The highest BCUT2D eigenvalue weighted by Crippen LogP contribution is 2.23. The lowest BCUT2D eigenvalue weighted by Gasteiger charge is -2.16. The molecule has 1 heterocycles. The molecule has 0 radical (unpaired) electrons. The van der Waals surface area contributed by atoms with Crippen LogP contribution in [0.2, 0.25) is 5.02 Å². The summed E-state index contributed by atoms with van der Waals surface area (Å²) in [5, 5.41) is 0.795. The zero-order valence-electron chi connectivity index (χ0n) is 10.1. The second-order valence-corrected chi connectivity index (χ2v) is 4.71. The van der Waals surface area contributed by atoms with Gasteiger partial charge in [0.2, 0.25) is 0 Å². The van der Waals surface area contributed by atoms with Gasteiger partial charge in [0.25, 0.3) is 0 Å². The van der Waals surface area contributed by atoms with Gasteiger partial charge in [0, 0.05) is 24.5 Å². The molecule has 3 heteroatoms. The number of nitrogens with zero attached hydrogens (tertiary/aromatic N) is 2. The smallest absolute Gasteiger partial charge is 0.105 e. The van der Waals surface area contributed by atoms with Crippen LogP contribution in [-0.2, 0) is 0 Å². The Hall–Kier alpha value is -1.28. The second kappa shape index (κ2) is 5.37. The van der Waals surface area contributed by atoms with Crippen molar-refractivity contribution < 1.29 is 0 Å². The Bertz CT molecular complexity index is 452. The fraction of sp³-hybridized carbons (Fsp3) is 0.357. The van der Waals surface area contributed by atoms with E-state index in [2.05, 4.69) is 11.5 Å². The Morgan fingerprint density at radius 1 is 1.53 bits per heavy atom. The van der Waals surface area contributed by atoms with Crippen molar-refractivity contribution in [2.75, 3.05) is 13.1 Å². The molecule has 90 valence electrons. The first-order valence-electron chi connectivity index (χ1n) is 5.90. The van der Waals surface area contributed by atoms with Crippen LogP contribution in [0.5, 0.6) is 0 Å². The first-order valence-corrected chi connectivity index (χ1v) is 6.28. The average Bonchev–Trinajstić information content (AvgIpc) is 2.72. The van der Waals surface area contributed by atoms with Gasteiger partial charge in [-0.15, -0.1) is 6.58 Å². The summed E-state index contributed by atoms with van der Waals surface area (Å²) in [4.78, 5) is 6.97. The number of amidine groups is 1. The van der Waals surface area contributed by atoms with E-state index in [9.17, 15) is 0 Å². The minimum atomic E-state index is 0.795. The molecule has 2 nitrogen and oxygen atoms in total. The van der Waals surface area contributed by atoms with Crippen LogP contribution in [0.4, 0.5) is 5.69 Å². The number of benzene rings is 1. The van der Waals surface area contributed by atoms with Crippen LogP contribution in [0, 0.1) is 6.92 Å². The molecule has 2 rings (SSSR count). The standard InChI is InChI=1S/C14H17ClN2/c1-3-8-17-9-4-5-14(17)16-12-6-7-13(15)11(2)10-12/h3,6-7,10H,1,4-5,8-9H2,2H3. The maximum atomic E-state index is 6.00. The Balaban J connectivity index is 2.22. The fourth-order valence-corrected chi connectivity index (χ4v) is 2.16. The molecule has 1 aromatic carbocycles. The SMILES string of the molecule is C=CCN1CCCC1=Nc1ccc(Cl)c(C)c1. The van der Waals surface area contributed by atoms with E-state index in [1.54, 1.807) is 0 Å². The van der Waals surface area contributed by atoms with Crippen molar-refractivity contribution in [1.29, 1.82) is 0 Å². The van der Waals surface area contributed by atoms with Gasteiger partial charge in [-0.1, -0.05) is 17.7 Å². The predicted octanol–water partition coefficient (Wildman–Crippen LogP) is 3.96. The molecular formula is C14H17ClN2. The van der Waals surface area contributed by atoms with Crippen molar-refractivity contribution in [3.8, 4) is 0 Å². The molecule has 0 atom stereocenters. The van der Waals surface area contributed by atoms with E-state index in [1.165, 1.54) is 6.42 Å². The molecule has 1 fully saturated rings. The van der Waals surface area contributed by atoms with Gasteiger partial charge in [0.1, 0.15) is 5.84 Å². The van der Waals surface area contributed by atoms with Gasteiger partial charge < -0.3 is 4.90 Å². The Kier molecular flexibility index (Phi) is 3.85. The van der Waals surface area contributed by atoms with Crippen LogP contribution < -0.4 is 0 Å². The Morgan fingerprint density at radius 3 is 3.06 bits per heavy atom. The Morgan fingerprint density at radius 2 is 2.35 bits per heavy atom. The summed E-state index contributed by atoms with van der Waals surface area (Å²) in [5.41, 5.74) is 2.06. The van der Waals surface area contributed by atoms with Gasteiger partial charge in [0.05, 0.1) is 5.69 Å². The van der Waals surface area contributed by atoms with Crippen LogP contribution in [0.3, 0.4) is 0 Å². The van der Waals surface area contributed by atoms with Gasteiger partial charge in [-0.2, -0.15) is 0 Å². The van der Waals surface area contributed by atoms with Gasteiger partial charge in [-0.05, 0) is 37.1 Å². The summed E-state index contributed by atoms with van der Waals surface area (Å²) in [6, 6.07) is 5.90. The monoisotopic (exact) mass is 248 g/mol. The van der Waals surface area contributed by atoms with E-state index in [0.29, 0.717) is 0 Å². The topological polar surface area (TPSA) is 15.6 Å². The summed E-state index contributed by atoms with van der Waals surface area (Å²) in [6.45, 7) is 7.74. The van der Waals surface area contributed by atoms with Crippen LogP contribution in [0.15, 0.2) is 35.8 Å². The normalized spacial score (nSPS) is 17.8. The van der Waals surface area contributed by atoms with Crippen LogP contribution in [-0.4, -0.2) is 23.8 Å². The molecule has 1 aliphatic rings. The molecule has 0 spiro atoms. The van der Waals surface area contributed by atoms with Gasteiger partial charge >= 0.3 is 0 Å². The van der Waals surface area contributed by atoms with Crippen LogP contribution in [0.1, 0.15) is 18.4 Å². The first kappa shape index (κ1) is 12.2. The molecule has 1 aliphatic heterocycles. The van der Waals surface area contributed by atoms with Crippen molar-refractivity contribution >= 4 is 23.1 Å². The molecule has 0 unspecified atom stereocenters. The highest BCUT2D eigenvalue weighted by molar-refractivity contribution is 6.31. The van der Waals surface area contributed by atoms with E-state index in [0.717, 1.165) is 41.6 Å². The lowest BCUT2D eigenvalue weighted by Crippen LogP contribution is -2.24. The maximum absolute atomic E-state index is 6.00. The van der Waals surface area contributed by atoms with Crippen molar-refractivity contribution in [3.05, 3.63) is 41.4 Å². The number of likely N-dealkylation sites (tertiary alicyclic amines) is 1. The fourth-order valence-electron chi connectivity index (χ4n) is 2.04. The number of aliphatic imine (C=N–C) groups is 1. The molecule has 1 aromatic rings. The first-order chi connectivity index (χ1) is 8.20. The van der Waals surface area contributed by atoms with Crippen molar-refractivity contribution in [2.24, 2.45) is 4.99 Å². The highest BCUT2D eigenvalue weighted by Gasteiger charge is 2.16. The molecule has 0 amide bonds. The number of halogens is 1. The number of rotatable bonds is 3. The molecule has 17 heavy (non-hydrogen) atoms. The van der Waals surface area contributed by atoms with E-state index in [4.69, 9.17) is 16.6 Å². The van der Waals surface area contributed by atoms with Gasteiger partial charge in [-0.25, -0.2) is 4.99 Å². The lowest BCUT2D eigenvalue weighted by atomic mass is 10.2. The maximum Gasteiger partial charge on any atom is 0.105 e. The summed E-state index contributed by atoms with van der Waals surface area (Å²) < 4.78 is 0. The summed E-state index contributed by atoms with van der Waals surface area (Å²) in [7, 11) is 0. The lowest BCUT2D eigenvalue weighted by molar-refractivity contribution is 0.502. The molecule has 0 bridgehead atoms. The Labute approximate surface area is 108 Å². The third kappa shape index (κ3) is 2.89. The average molecular weight is 249 g/mol. The third-order valence-electron chi connectivity index (χ3n) is 2.94. The zero-order chi connectivity index (χ0) is 12.3. The second-order valence-electron chi connectivity index (χ2n) is 4.30. The minimum absolute atomic E-state index is 0.795. The quantitative estimate of drug-likeness (QED) is 0.740. The molecule has 1 saturated heterocycles. The number of hydrogen-bond donors (Lipinski definition) is 0. The van der Waals surface area contributed by atoms with Gasteiger partial charge in [-0.3, -0.25) is 0 Å². The number of aryl methyl sites for hydroxylation is 1.